The van der Waals surface area contributed by atoms with Crippen molar-refractivity contribution in [1.82, 2.24) is 9.38 Å². The van der Waals surface area contributed by atoms with Gasteiger partial charge in [0.25, 0.3) is 0 Å². The second-order valence-corrected chi connectivity index (χ2v) is 7.08. The van der Waals surface area contributed by atoms with Crippen LogP contribution in [0.3, 0.4) is 0 Å². The molecule has 0 saturated heterocycles. The molecule has 5 heteroatoms. The number of anilines is 1. The van der Waals surface area contributed by atoms with E-state index in [2.05, 4.69) is 26.1 Å². The van der Waals surface area contributed by atoms with Gasteiger partial charge in [-0.15, -0.1) is 0 Å². The van der Waals surface area contributed by atoms with Crippen molar-refractivity contribution in [2.24, 2.45) is 0 Å². The lowest BCUT2D eigenvalue weighted by Gasteiger charge is -2.22. The molecule has 3 rings (SSSR count). The van der Waals surface area contributed by atoms with Gasteiger partial charge in [-0.3, -0.25) is 4.40 Å². The highest BCUT2D eigenvalue weighted by Gasteiger charge is 2.20. The molecule has 1 N–H and O–H groups in total. The molecule has 2 heterocycles. The minimum absolute atomic E-state index is 0.117. The average molecular weight is 334 g/mol. The summed E-state index contributed by atoms with van der Waals surface area (Å²) in [4.78, 5) is 4.73. The second kappa shape index (κ2) is 5.49. The van der Waals surface area contributed by atoms with Crippen LogP contribution in [0.2, 0.25) is 10.0 Å². The van der Waals surface area contributed by atoms with Gasteiger partial charge in [-0.1, -0.05) is 41.4 Å². The monoisotopic (exact) mass is 333 g/mol. The first-order valence-corrected chi connectivity index (χ1v) is 7.81. The summed E-state index contributed by atoms with van der Waals surface area (Å²) in [7, 11) is 0. The molecule has 0 aliphatic heterocycles. The molecule has 0 amide bonds. The Morgan fingerprint density at radius 3 is 2.45 bits per heavy atom. The lowest BCUT2D eigenvalue weighted by molar-refractivity contribution is 0.629. The summed E-state index contributed by atoms with van der Waals surface area (Å²) >= 11 is 12.5. The number of nitrogens with zero attached hydrogens (tertiary/aromatic N) is 2. The second-order valence-electron chi connectivity index (χ2n) is 6.24. The molecule has 0 radical (unpaired) electrons. The van der Waals surface area contributed by atoms with Crippen molar-refractivity contribution in [2.45, 2.75) is 26.3 Å². The molecule has 0 spiro atoms. The third-order valence-corrected chi connectivity index (χ3v) is 3.76. The van der Waals surface area contributed by atoms with Gasteiger partial charge in [0.15, 0.2) is 0 Å². The molecule has 3 nitrogen and oxygen atoms in total. The molecule has 0 unspecified atom stereocenters. The van der Waals surface area contributed by atoms with Crippen LogP contribution >= 0.6 is 23.2 Å². The van der Waals surface area contributed by atoms with Crippen LogP contribution in [-0.4, -0.2) is 14.9 Å². The molecular formula is C17H17Cl2N3. The van der Waals surface area contributed by atoms with Gasteiger partial charge in [0.2, 0.25) is 0 Å². The van der Waals surface area contributed by atoms with Gasteiger partial charge in [-0.05, 0) is 39.0 Å². The molecule has 0 bridgehead atoms. The minimum Gasteiger partial charge on any atom is -0.365 e. The van der Waals surface area contributed by atoms with Gasteiger partial charge in [0.1, 0.15) is 17.2 Å². The lowest BCUT2D eigenvalue weighted by atomic mass is 10.1. The normalized spacial score (nSPS) is 11.9. The van der Waals surface area contributed by atoms with Gasteiger partial charge >= 0.3 is 0 Å². The summed E-state index contributed by atoms with van der Waals surface area (Å²) in [5.74, 6) is 0.887. The van der Waals surface area contributed by atoms with Crippen LogP contribution in [0, 0.1) is 0 Å². The van der Waals surface area contributed by atoms with Crippen molar-refractivity contribution < 1.29 is 0 Å². The van der Waals surface area contributed by atoms with E-state index >= 15 is 0 Å². The van der Waals surface area contributed by atoms with Gasteiger partial charge in [-0.25, -0.2) is 4.98 Å². The quantitative estimate of drug-likeness (QED) is 0.669. The Labute approximate surface area is 139 Å². The van der Waals surface area contributed by atoms with Crippen LogP contribution in [0.4, 0.5) is 5.82 Å². The largest absolute Gasteiger partial charge is 0.365 e. The third-order valence-electron chi connectivity index (χ3n) is 3.20. The van der Waals surface area contributed by atoms with E-state index < -0.39 is 0 Å². The Hall–Kier alpha value is -1.71. The molecule has 0 aliphatic carbocycles. The summed E-state index contributed by atoms with van der Waals surface area (Å²) in [6, 6.07) is 11.4. The summed E-state index contributed by atoms with van der Waals surface area (Å²) in [6.45, 7) is 6.31. The highest BCUT2D eigenvalue weighted by molar-refractivity contribution is 6.33. The Bertz CT molecular complexity index is 832. The Balaban J connectivity index is 2.29. The molecule has 22 heavy (non-hydrogen) atoms. The highest BCUT2D eigenvalue weighted by Crippen LogP contribution is 2.35. The number of fused-ring (bicyclic) bond motifs is 1. The van der Waals surface area contributed by atoms with Gasteiger partial charge in [0.05, 0.1) is 10.0 Å². The third kappa shape index (κ3) is 2.92. The van der Waals surface area contributed by atoms with Crippen LogP contribution < -0.4 is 5.32 Å². The Kier molecular flexibility index (Phi) is 3.79. The fourth-order valence-electron chi connectivity index (χ4n) is 2.33. The molecule has 2 aromatic heterocycles. The van der Waals surface area contributed by atoms with E-state index in [0.29, 0.717) is 10.0 Å². The van der Waals surface area contributed by atoms with Crippen molar-refractivity contribution in [1.29, 1.82) is 0 Å². The maximum absolute atomic E-state index is 6.36. The van der Waals surface area contributed by atoms with Crippen molar-refractivity contribution in [3.05, 3.63) is 52.6 Å². The number of hydrogen-bond acceptors (Lipinski definition) is 2. The molecule has 114 valence electrons. The van der Waals surface area contributed by atoms with Crippen molar-refractivity contribution in [3.8, 4) is 11.3 Å². The standard InChI is InChI=1S/C17H17Cl2N3/c1-17(2,3)21-16-15(12-6-4-5-7-13(12)19)20-14-9-8-11(18)10-22(14)16/h4-10,21H,1-3H3. The fourth-order valence-corrected chi connectivity index (χ4v) is 2.72. The SMILES string of the molecule is CC(C)(C)Nc1c(-c2ccccc2Cl)nc2ccc(Cl)cn12. The number of nitrogens with one attached hydrogen (secondary N) is 1. The highest BCUT2D eigenvalue weighted by atomic mass is 35.5. The maximum Gasteiger partial charge on any atom is 0.139 e. The predicted octanol–water partition coefficient (Wildman–Crippen LogP) is 5.52. The zero-order valence-corrected chi connectivity index (χ0v) is 14.2. The first-order valence-electron chi connectivity index (χ1n) is 7.06. The van der Waals surface area contributed by atoms with Crippen molar-refractivity contribution in [3.63, 3.8) is 0 Å². The summed E-state index contributed by atoms with van der Waals surface area (Å²) in [5, 5.41) is 4.84. The average Bonchev–Trinajstić information content (AvgIpc) is 2.76. The number of rotatable bonds is 2. The van der Waals surface area contributed by atoms with E-state index in [0.717, 1.165) is 22.7 Å². The summed E-state index contributed by atoms with van der Waals surface area (Å²) < 4.78 is 1.96. The fraction of sp³-hybridized carbons (Fsp3) is 0.235. The van der Waals surface area contributed by atoms with E-state index in [1.807, 2.05) is 47.0 Å². The molecule has 0 fully saturated rings. The van der Waals surface area contributed by atoms with E-state index in [-0.39, 0.29) is 5.54 Å². The van der Waals surface area contributed by atoms with Crippen LogP contribution in [0.15, 0.2) is 42.6 Å². The zero-order valence-electron chi connectivity index (χ0n) is 12.7. The summed E-state index contributed by atoms with van der Waals surface area (Å²) in [5.41, 5.74) is 2.43. The van der Waals surface area contributed by atoms with Gasteiger partial charge in [0, 0.05) is 17.3 Å². The molecule has 0 atom stereocenters. The zero-order chi connectivity index (χ0) is 15.9. The molecule has 0 aliphatic rings. The number of pyridine rings is 1. The van der Waals surface area contributed by atoms with E-state index in [1.54, 1.807) is 0 Å². The Morgan fingerprint density at radius 2 is 1.77 bits per heavy atom. The van der Waals surface area contributed by atoms with E-state index in [9.17, 15) is 0 Å². The minimum atomic E-state index is -0.117. The van der Waals surface area contributed by atoms with E-state index in [4.69, 9.17) is 28.2 Å². The summed E-state index contributed by atoms with van der Waals surface area (Å²) in [6.07, 6.45) is 1.86. The first kappa shape index (κ1) is 15.2. The first-order chi connectivity index (χ1) is 10.3. The van der Waals surface area contributed by atoms with Crippen molar-refractivity contribution >= 4 is 34.7 Å². The van der Waals surface area contributed by atoms with Gasteiger partial charge in [-0.2, -0.15) is 0 Å². The number of imidazole rings is 1. The predicted molar refractivity (Wildman–Crippen MR) is 94.0 cm³/mol. The Morgan fingerprint density at radius 1 is 1.05 bits per heavy atom. The van der Waals surface area contributed by atoms with Crippen LogP contribution in [0.1, 0.15) is 20.8 Å². The molecule has 3 aromatic rings. The van der Waals surface area contributed by atoms with Crippen LogP contribution in [0.5, 0.6) is 0 Å². The molecular weight excluding hydrogens is 317 g/mol. The smallest absolute Gasteiger partial charge is 0.139 e. The number of aromatic nitrogens is 2. The lowest BCUT2D eigenvalue weighted by Crippen LogP contribution is -2.27. The van der Waals surface area contributed by atoms with Crippen LogP contribution in [0.25, 0.3) is 16.9 Å². The molecule has 1 aromatic carbocycles. The number of halogens is 2. The number of hydrogen-bond donors (Lipinski definition) is 1. The molecule has 0 saturated carbocycles. The van der Waals surface area contributed by atoms with E-state index in [1.165, 1.54) is 0 Å². The maximum atomic E-state index is 6.36. The van der Waals surface area contributed by atoms with Crippen LogP contribution in [-0.2, 0) is 0 Å². The van der Waals surface area contributed by atoms with Crippen molar-refractivity contribution in [2.75, 3.05) is 5.32 Å². The van der Waals surface area contributed by atoms with Gasteiger partial charge < -0.3 is 5.32 Å². The number of benzene rings is 1. The topological polar surface area (TPSA) is 29.3 Å².